The summed E-state index contributed by atoms with van der Waals surface area (Å²) in [5.41, 5.74) is 0. The van der Waals surface area contributed by atoms with Gasteiger partial charge in [0.05, 0.1) is 0 Å². The van der Waals surface area contributed by atoms with Gasteiger partial charge in [0, 0.05) is 31.2 Å². The van der Waals surface area contributed by atoms with Crippen molar-refractivity contribution >= 4 is 10.2 Å². The van der Waals surface area contributed by atoms with Gasteiger partial charge in [-0.05, 0) is 52.0 Å². The molecular formula is C14H27N3O2S. The van der Waals surface area contributed by atoms with Gasteiger partial charge < -0.3 is 5.32 Å². The molecule has 2 heterocycles. The highest BCUT2D eigenvalue weighted by Gasteiger charge is 2.43. The molecule has 3 aliphatic rings. The van der Waals surface area contributed by atoms with Crippen LogP contribution in [0, 0.1) is 0 Å². The number of nitrogens with zero attached hydrogens (tertiary/aromatic N) is 2. The van der Waals surface area contributed by atoms with Crippen molar-refractivity contribution in [2.45, 2.75) is 70.0 Å². The molecule has 2 aliphatic heterocycles. The minimum Gasteiger partial charge on any atom is -0.313 e. The average Bonchev–Trinajstić information content (AvgIpc) is 3.12. The van der Waals surface area contributed by atoms with Gasteiger partial charge in [-0.25, -0.2) is 0 Å². The lowest BCUT2D eigenvalue weighted by Crippen LogP contribution is -2.53. The van der Waals surface area contributed by atoms with E-state index in [2.05, 4.69) is 12.2 Å². The van der Waals surface area contributed by atoms with E-state index in [1.54, 1.807) is 8.61 Å². The Morgan fingerprint density at radius 2 is 1.95 bits per heavy atom. The summed E-state index contributed by atoms with van der Waals surface area (Å²) in [7, 11) is -3.27. The molecule has 6 heteroatoms. The Bertz CT molecular complexity index is 430. The molecule has 5 nitrogen and oxygen atoms in total. The van der Waals surface area contributed by atoms with Gasteiger partial charge in [0.2, 0.25) is 0 Å². The highest BCUT2D eigenvalue weighted by atomic mass is 32.2. The fourth-order valence-corrected chi connectivity index (χ4v) is 5.62. The summed E-state index contributed by atoms with van der Waals surface area (Å²) in [6, 6.07) is 0.772. The number of nitrogens with one attached hydrogen (secondary N) is 1. The van der Waals surface area contributed by atoms with E-state index in [1.165, 1.54) is 6.42 Å². The molecule has 0 amide bonds. The number of piperidine rings is 1. The third-order valence-corrected chi connectivity index (χ3v) is 7.03. The molecule has 0 aromatic carbocycles. The van der Waals surface area contributed by atoms with E-state index in [-0.39, 0.29) is 12.1 Å². The van der Waals surface area contributed by atoms with Crippen molar-refractivity contribution < 1.29 is 8.42 Å². The molecule has 0 radical (unpaired) electrons. The molecule has 0 aromatic heterocycles. The molecular weight excluding hydrogens is 274 g/mol. The lowest BCUT2D eigenvalue weighted by Gasteiger charge is -2.37. The minimum absolute atomic E-state index is 0.159. The van der Waals surface area contributed by atoms with E-state index in [0.717, 1.165) is 45.1 Å². The molecule has 3 fully saturated rings. The molecule has 0 bridgehead atoms. The van der Waals surface area contributed by atoms with E-state index >= 15 is 0 Å². The van der Waals surface area contributed by atoms with Crippen LogP contribution in [-0.4, -0.2) is 54.8 Å². The molecule has 1 N–H and O–H groups in total. The van der Waals surface area contributed by atoms with Crippen molar-refractivity contribution in [1.82, 2.24) is 13.9 Å². The van der Waals surface area contributed by atoms with Crippen molar-refractivity contribution in [3.05, 3.63) is 0 Å². The lowest BCUT2D eigenvalue weighted by atomic mass is 10.1. The van der Waals surface area contributed by atoms with Crippen LogP contribution in [0.5, 0.6) is 0 Å². The van der Waals surface area contributed by atoms with Crippen LogP contribution in [0.15, 0.2) is 0 Å². The molecule has 116 valence electrons. The molecule has 2 unspecified atom stereocenters. The van der Waals surface area contributed by atoms with E-state index in [1.807, 2.05) is 0 Å². The summed E-state index contributed by atoms with van der Waals surface area (Å²) in [5.74, 6) is 0. The van der Waals surface area contributed by atoms with Crippen LogP contribution in [0.2, 0.25) is 0 Å². The molecule has 0 spiro atoms. The molecule has 20 heavy (non-hydrogen) atoms. The van der Waals surface area contributed by atoms with Gasteiger partial charge in [-0.3, -0.25) is 0 Å². The zero-order valence-corrected chi connectivity index (χ0v) is 13.2. The quantitative estimate of drug-likeness (QED) is 0.833. The number of rotatable bonds is 5. The third kappa shape index (κ3) is 3.03. The van der Waals surface area contributed by atoms with Crippen molar-refractivity contribution in [3.63, 3.8) is 0 Å². The Labute approximate surface area is 122 Å². The second-order valence-corrected chi connectivity index (χ2v) is 8.39. The lowest BCUT2D eigenvalue weighted by molar-refractivity contribution is 0.237. The monoisotopic (exact) mass is 301 g/mol. The van der Waals surface area contributed by atoms with Gasteiger partial charge in [-0.2, -0.15) is 17.0 Å². The van der Waals surface area contributed by atoms with Crippen LogP contribution in [0.3, 0.4) is 0 Å². The summed E-state index contributed by atoms with van der Waals surface area (Å²) in [4.78, 5) is 0. The average molecular weight is 301 g/mol. The van der Waals surface area contributed by atoms with Crippen LogP contribution in [0.1, 0.15) is 51.9 Å². The first-order valence-corrected chi connectivity index (χ1v) is 9.51. The molecule has 2 saturated heterocycles. The molecule has 1 aliphatic carbocycles. The number of hydrogen-bond acceptors (Lipinski definition) is 3. The maximum absolute atomic E-state index is 13.0. The topological polar surface area (TPSA) is 52.7 Å². The fourth-order valence-electron chi connectivity index (χ4n) is 3.47. The number of hydrogen-bond donors (Lipinski definition) is 1. The Morgan fingerprint density at radius 3 is 2.55 bits per heavy atom. The Hall–Kier alpha value is -0.170. The van der Waals surface area contributed by atoms with Gasteiger partial charge >= 0.3 is 0 Å². The summed E-state index contributed by atoms with van der Waals surface area (Å²) in [6.07, 6.45) is 7.50. The maximum Gasteiger partial charge on any atom is 0.282 e. The van der Waals surface area contributed by atoms with Crippen molar-refractivity contribution in [2.24, 2.45) is 0 Å². The van der Waals surface area contributed by atoms with Gasteiger partial charge in [-0.15, -0.1) is 0 Å². The first-order valence-electron chi connectivity index (χ1n) is 8.11. The van der Waals surface area contributed by atoms with E-state index in [0.29, 0.717) is 19.1 Å². The van der Waals surface area contributed by atoms with Crippen LogP contribution < -0.4 is 5.32 Å². The molecule has 0 aromatic rings. The highest BCUT2D eigenvalue weighted by molar-refractivity contribution is 7.86. The molecule has 3 rings (SSSR count). The largest absolute Gasteiger partial charge is 0.313 e. The van der Waals surface area contributed by atoms with Crippen LogP contribution >= 0.6 is 0 Å². The molecule has 1 saturated carbocycles. The van der Waals surface area contributed by atoms with Gasteiger partial charge in [0.15, 0.2) is 0 Å². The zero-order chi connectivity index (χ0) is 14.2. The zero-order valence-electron chi connectivity index (χ0n) is 12.4. The highest BCUT2D eigenvalue weighted by Crippen LogP contribution is 2.33. The minimum atomic E-state index is -3.27. The fraction of sp³-hybridized carbons (Fsp3) is 1.00. The van der Waals surface area contributed by atoms with Crippen molar-refractivity contribution in [2.75, 3.05) is 19.6 Å². The Kier molecular flexibility index (Phi) is 4.36. The first-order chi connectivity index (χ1) is 9.59. The standard InChI is InChI=1S/C14H27N3O2S/c1-12-5-2-3-10-16(12)20(18,19)17(14-7-8-14)11-13-6-4-9-15-13/h12-15H,2-11H2,1H3. The van der Waals surface area contributed by atoms with Crippen molar-refractivity contribution in [1.29, 1.82) is 0 Å². The Balaban J connectivity index is 1.74. The third-order valence-electron chi connectivity index (χ3n) is 4.85. The normalized spacial score (nSPS) is 32.9. The molecule has 2 atom stereocenters. The maximum atomic E-state index is 13.0. The smallest absolute Gasteiger partial charge is 0.282 e. The summed E-state index contributed by atoms with van der Waals surface area (Å²) >= 11 is 0. The Morgan fingerprint density at radius 1 is 1.15 bits per heavy atom. The predicted molar refractivity (Wildman–Crippen MR) is 79.7 cm³/mol. The summed E-state index contributed by atoms with van der Waals surface area (Å²) in [5, 5.41) is 3.43. The van der Waals surface area contributed by atoms with Gasteiger partial charge in [0.1, 0.15) is 0 Å². The van der Waals surface area contributed by atoms with Crippen LogP contribution in [0.4, 0.5) is 0 Å². The second kappa shape index (κ2) is 5.91. The second-order valence-electron chi connectivity index (χ2n) is 6.56. The summed E-state index contributed by atoms with van der Waals surface area (Å²) in [6.45, 7) is 4.44. The SMILES string of the molecule is CC1CCCCN1S(=O)(=O)N(CC1CCCN1)C1CC1. The van der Waals surface area contributed by atoms with Crippen LogP contribution in [0.25, 0.3) is 0 Å². The van der Waals surface area contributed by atoms with E-state index in [4.69, 9.17) is 0 Å². The predicted octanol–water partition coefficient (Wildman–Crippen LogP) is 1.32. The van der Waals surface area contributed by atoms with Gasteiger partial charge in [-0.1, -0.05) is 6.42 Å². The van der Waals surface area contributed by atoms with Gasteiger partial charge in [0.25, 0.3) is 10.2 Å². The van der Waals surface area contributed by atoms with E-state index in [9.17, 15) is 8.42 Å². The summed E-state index contributed by atoms with van der Waals surface area (Å²) < 4.78 is 29.5. The van der Waals surface area contributed by atoms with E-state index < -0.39 is 10.2 Å². The van der Waals surface area contributed by atoms with Crippen molar-refractivity contribution in [3.8, 4) is 0 Å². The van der Waals surface area contributed by atoms with Crippen LogP contribution in [-0.2, 0) is 10.2 Å². The first kappa shape index (κ1) is 14.8.